The van der Waals surface area contributed by atoms with Crippen molar-refractivity contribution in [2.24, 2.45) is 0 Å². The van der Waals surface area contributed by atoms with Crippen molar-refractivity contribution in [3.8, 4) is 11.3 Å². The molecule has 0 atom stereocenters. The van der Waals surface area contributed by atoms with E-state index in [0.29, 0.717) is 36.2 Å². The lowest BCUT2D eigenvalue weighted by atomic mass is 10.1. The van der Waals surface area contributed by atoms with Crippen molar-refractivity contribution in [3.05, 3.63) is 53.5 Å². The normalized spacial score (nSPS) is 16.6. The molecule has 0 unspecified atom stereocenters. The van der Waals surface area contributed by atoms with Gasteiger partial charge in [0.25, 0.3) is 5.91 Å². The maximum atomic E-state index is 14.7. The van der Waals surface area contributed by atoms with Gasteiger partial charge >= 0.3 is 0 Å². The molecule has 6 nitrogen and oxygen atoms in total. The number of carbonyl (C=O) groups excluding carboxylic acids is 1. The van der Waals surface area contributed by atoms with E-state index in [1.165, 1.54) is 11.3 Å². The summed E-state index contributed by atoms with van der Waals surface area (Å²) in [6, 6.07) is 9.07. The van der Waals surface area contributed by atoms with Crippen LogP contribution in [0.4, 0.5) is 14.5 Å². The summed E-state index contributed by atoms with van der Waals surface area (Å²) in [7, 11) is 0. The van der Waals surface area contributed by atoms with Crippen molar-refractivity contribution in [2.75, 3.05) is 38.0 Å². The molecule has 35 heavy (non-hydrogen) atoms. The van der Waals surface area contributed by atoms with Gasteiger partial charge in [-0.1, -0.05) is 11.3 Å². The van der Waals surface area contributed by atoms with E-state index in [2.05, 4.69) is 20.5 Å². The number of alkyl halides is 1. The van der Waals surface area contributed by atoms with E-state index in [4.69, 9.17) is 0 Å². The molecule has 0 bridgehead atoms. The van der Waals surface area contributed by atoms with Crippen LogP contribution in [0.2, 0.25) is 0 Å². The fraction of sp³-hybridized carbons (Fsp3) is 0.385. The monoisotopic (exact) mass is 495 g/mol. The zero-order valence-electron chi connectivity index (χ0n) is 19.3. The second kappa shape index (κ2) is 9.20. The molecule has 0 radical (unpaired) electrons. The number of nitrogens with one attached hydrogen (secondary N) is 2. The molecule has 2 aliphatic rings. The number of hydrogen-bond acceptors (Lipinski definition) is 5. The number of imidazole rings is 1. The van der Waals surface area contributed by atoms with Crippen molar-refractivity contribution in [1.82, 2.24) is 19.6 Å². The van der Waals surface area contributed by atoms with Gasteiger partial charge < -0.3 is 15.5 Å². The number of fused-ring (bicyclic) bond motifs is 4. The standard InChI is InChI=1S/C26H27F2N5OS/c27-18-5-10-32(11-6-18)9-1-7-30-25(34)17-2-3-23-24(13-17)35-26-31-22(15-33(23)26)19-14-21-16(4-8-29-21)12-20(19)28/h2-3,12-15,18,29H,1,4-11H2,(H,30,34). The first-order valence-corrected chi connectivity index (χ1v) is 13.0. The van der Waals surface area contributed by atoms with Crippen LogP contribution < -0.4 is 10.6 Å². The third-order valence-corrected chi connectivity index (χ3v) is 8.01. The maximum Gasteiger partial charge on any atom is 0.251 e. The lowest BCUT2D eigenvalue weighted by Gasteiger charge is -2.28. The topological polar surface area (TPSA) is 61.7 Å². The van der Waals surface area contributed by atoms with Crippen molar-refractivity contribution in [3.63, 3.8) is 0 Å². The van der Waals surface area contributed by atoms with Gasteiger partial charge in [-0.3, -0.25) is 9.20 Å². The van der Waals surface area contributed by atoms with Gasteiger partial charge in [0, 0.05) is 49.2 Å². The summed E-state index contributed by atoms with van der Waals surface area (Å²) in [5, 5.41) is 6.29. The summed E-state index contributed by atoms with van der Waals surface area (Å²) in [6.45, 7) is 3.88. The zero-order chi connectivity index (χ0) is 23.9. The maximum absolute atomic E-state index is 14.7. The number of anilines is 1. The number of carbonyl (C=O) groups is 1. The number of amides is 1. The van der Waals surface area contributed by atoms with E-state index in [9.17, 15) is 13.6 Å². The molecule has 4 aromatic rings. The minimum absolute atomic E-state index is 0.103. The summed E-state index contributed by atoms with van der Waals surface area (Å²) in [5.74, 6) is -0.359. The number of nitrogens with zero attached hydrogens (tertiary/aromatic N) is 3. The minimum atomic E-state index is -0.662. The van der Waals surface area contributed by atoms with E-state index in [0.717, 1.165) is 65.4 Å². The highest BCUT2D eigenvalue weighted by atomic mass is 32.1. The number of thiazole rings is 1. The molecule has 6 rings (SSSR count). The number of likely N-dealkylation sites (tertiary alicyclic amines) is 1. The van der Waals surface area contributed by atoms with Crippen molar-refractivity contribution in [2.45, 2.75) is 31.9 Å². The van der Waals surface area contributed by atoms with Gasteiger partial charge in [0.2, 0.25) is 0 Å². The molecule has 2 aromatic heterocycles. The predicted molar refractivity (Wildman–Crippen MR) is 136 cm³/mol. The van der Waals surface area contributed by atoms with E-state index < -0.39 is 6.17 Å². The third kappa shape index (κ3) is 4.38. The lowest BCUT2D eigenvalue weighted by Crippen LogP contribution is -2.36. The van der Waals surface area contributed by atoms with Crippen LogP contribution in [0.5, 0.6) is 0 Å². The van der Waals surface area contributed by atoms with Gasteiger partial charge in [0.15, 0.2) is 4.96 Å². The first-order valence-electron chi connectivity index (χ1n) is 12.2. The molecule has 0 spiro atoms. The average molecular weight is 496 g/mol. The first-order chi connectivity index (χ1) is 17.0. The van der Waals surface area contributed by atoms with E-state index in [1.807, 2.05) is 34.9 Å². The van der Waals surface area contributed by atoms with Crippen LogP contribution in [-0.2, 0) is 6.42 Å². The molecule has 9 heteroatoms. The van der Waals surface area contributed by atoms with Gasteiger partial charge in [0.05, 0.1) is 15.9 Å². The van der Waals surface area contributed by atoms with Crippen molar-refractivity contribution < 1.29 is 13.6 Å². The van der Waals surface area contributed by atoms with Gasteiger partial charge in [-0.2, -0.15) is 0 Å². The molecule has 4 heterocycles. The fourth-order valence-electron chi connectivity index (χ4n) is 5.02. The third-order valence-electron chi connectivity index (χ3n) is 6.99. The highest BCUT2D eigenvalue weighted by molar-refractivity contribution is 7.23. The first kappa shape index (κ1) is 22.4. The average Bonchev–Trinajstić information content (AvgIpc) is 3.56. The summed E-state index contributed by atoms with van der Waals surface area (Å²) < 4.78 is 30.9. The Kier molecular flexibility index (Phi) is 5.89. The number of hydrogen-bond donors (Lipinski definition) is 2. The SMILES string of the molecule is O=C(NCCCN1CCC(F)CC1)c1ccc2c(c1)sc1nc(-c3cc4c(cc3F)CCN4)cn12. The Balaban J connectivity index is 1.14. The lowest BCUT2D eigenvalue weighted by molar-refractivity contribution is 0.0950. The second-order valence-corrected chi connectivity index (χ2v) is 10.4. The molecule has 1 saturated heterocycles. The molecular formula is C26H27F2N5OS. The minimum Gasteiger partial charge on any atom is -0.384 e. The molecule has 2 N–H and O–H groups in total. The number of piperidine rings is 1. The smallest absolute Gasteiger partial charge is 0.251 e. The fourth-order valence-corrected chi connectivity index (χ4v) is 6.06. The van der Waals surface area contributed by atoms with Crippen LogP contribution in [0.3, 0.4) is 0 Å². The van der Waals surface area contributed by atoms with E-state index in [1.54, 1.807) is 6.07 Å². The Morgan fingerprint density at radius 3 is 2.94 bits per heavy atom. The van der Waals surface area contributed by atoms with Crippen LogP contribution in [0.25, 0.3) is 26.4 Å². The van der Waals surface area contributed by atoms with E-state index >= 15 is 0 Å². The quantitative estimate of drug-likeness (QED) is 0.375. The molecule has 0 saturated carbocycles. The van der Waals surface area contributed by atoms with Crippen LogP contribution in [0.15, 0.2) is 36.5 Å². The summed E-state index contributed by atoms with van der Waals surface area (Å²) in [4.78, 5) is 20.4. The molecule has 2 aliphatic heterocycles. The number of benzene rings is 2. The largest absolute Gasteiger partial charge is 0.384 e. The van der Waals surface area contributed by atoms with Gasteiger partial charge in [-0.05, 0) is 68.1 Å². The Morgan fingerprint density at radius 2 is 2.09 bits per heavy atom. The van der Waals surface area contributed by atoms with Crippen LogP contribution in [0, 0.1) is 5.82 Å². The highest BCUT2D eigenvalue weighted by Gasteiger charge is 2.20. The van der Waals surface area contributed by atoms with Crippen molar-refractivity contribution in [1.29, 1.82) is 0 Å². The second-order valence-electron chi connectivity index (χ2n) is 9.35. The van der Waals surface area contributed by atoms with Crippen LogP contribution >= 0.6 is 11.3 Å². The van der Waals surface area contributed by atoms with Crippen LogP contribution in [-0.4, -0.2) is 59.1 Å². The Bertz CT molecular complexity index is 1410. The molecule has 0 aliphatic carbocycles. The number of halogens is 2. The molecule has 1 fully saturated rings. The molecule has 2 aromatic carbocycles. The van der Waals surface area contributed by atoms with Gasteiger partial charge in [-0.25, -0.2) is 13.8 Å². The Morgan fingerprint density at radius 1 is 1.23 bits per heavy atom. The Hall–Kier alpha value is -3.04. The summed E-state index contributed by atoms with van der Waals surface area (Å²) in [5.41, 5.74) is 4.62. The van der Waals surface area contributed by atoms with Gasteiger partial charge in [0.1, 0.15) is 12.0 Å². The molecule has 182 valence electrons. The van der Waals surface area contributed by atoms with Gasteiger partial charge in [-0.15, -0.1) is 0 Å². The molecule has 1 amide bonds. The summed E-state index contributed by atoms with van der Waals surface area (Å²) >= 11 is 1.48. The summed E-state index contributed by atoms with van der Waals surface area (Å²) in [6.07, 6.45) is 4.10. The molecular weight excluding hydrogens is 468 g/mol. The highest BCUT2D eigenvalue weighted by Crippen LogP contribution is 2.34. The predicted octanol–water partition coefficient (Wildman–Crippen LogP) is 4.88. The zero-order valence-corrected chi connectivity index (χ0v) is 20.1. The van der Waals surface area contributed by atoms with Crippen molar-refractivity contribution >= 4 is 38.1 Å². The number of rotatable bonds is 6. The van der Waals surface area contributed by atoms with E-state index in [-0.39, 0.29) is 11.7 Å². The Labute approximate surface area is 206 Å². The number of aromatic nitrogens is 2. The van der Waals surface area contributed by atoms with Crippen LogP contribution in [0.1, 0.15) is 35.2 Å².